The van der Waals surface area contributed by atoms with E-state index in [1.54, 1.807) is 62.4 Å². The molecule has 1 saturated carbocycles. The summed E-state index contributed by atoms with van der Waals surface area (Å²) >= 11 is 0. The molecule has 3 atom stereocenters. The topological polar surface area (TPSA) is 67.2 Å². The van der Waals surface area contributed by atoms with Crippen LogP contribution in [-0.4, -0.2) is 11.8 Å². The fourth-order valence-corrected chi connectivity index (χ4v) is 3.53. The normalized spacial score (nSPS) is 20.1. The molecule has 0 aliphatic heterocycles. The van der Waals surface area contributed by atoms with Crippen LogP contribution in [0.1, 0.15) is 41.4 Å². The average molecular weight is 395 g/mol. The molecule has 0 saturated heterocycles. The summed E-state index contributed by atoms with van der Waals surface area (Å²) in [6.45, 7) is 3.40. The van der Waals surface area contributed by atoms with Crippen LogP contribution in [0.5, 0.6) is 0 Å². The summed E-state index contributed by atoms with van der Waals surface area (Å²) in [5.74, 6) is -2.30. The van der Waals surface area contributed by atoms with Gasteiger partial charge in [0, 0.05) is 22.6 Å². The highest BCUT2D eigenvalue weighted by atomic mass is 19.3. The van der Waals surface area contributed by atoms with Gasteiger partial charge in [0.05, 0.1) is 5.92 Å². The number of carbonyl (C=O) groups is 2. The number of rotatable bonds is 6. The molecule has 6 heteroatoms. The number of hydrogen-bond acceptors (Lipinski definition) is 4. The van der Waals surface area contributed by atoms with Crippen molar-refractivity contribution in [3.63, 3.8) is 0 Å². The molecule has 0 bridgehead atoms. The smallest absolute Gasteiger partial charge is 0.311 e. The van der Waals surface area contributed by atoms with E-state index in [9.17, 15) is 23.6 Å². The number of halogens is 2. The molecule has 2 aromatic carbocycles. The number of nitriles is 1. The van der Waals surface area contributed by atoms with E-state index in [0.29, 0.717) is 16.7 Å². The fraction of sp³-hybridized carbons (Fsp3) is 0.261. The molecule has 0 spiro atoms. The maximum absolute atomic E-state index is 12.6. The van der Waals surface area contributed by atoms with Crippen LogP contribution in [0.4, 0.5) is 8.78 Å². The Bertz CT molecular complexity index is 1000. The summed E-state index contributed by atoms with van der Waals surface area (Å²) in [6.07, 6.45) is -2.32. The van der Waals surface area contributed by atoms with E-state index in [-0.39, 0.29) is 5.78 Å². The Morgan fingerprint density at radius 3 is 2.38 bits per heavy atom. The van der Waals surface area contributed by atoms with Gasteiger partial charge in [-0.25, -0.2) is 0 Å². The molecule has 29 heavy (non-hydrogen) atoms. The summed E-state index contributed by atoms with van der Waals surface area (Å²) in [5.41, 5.74) is 0.547. The molecule has 148 valence electrons. The molecule has 0 N–H and O–H groups in total. The van der Waals surface area contributed by atoms with E-state index >= 15 is 0 Å². The summed E-state index contributed by atoms with van der Waals surface area (Å²) in [4.78, 5) is 25.1. The molecule has 0 heterocycles. The largest absolute Gasteiger partial charge is 0.442 e. The standard InChI is InChI=1S/C23H19F2NO3/c1-23(2)17(12-19(24)25)20(23)22(28)29-18(13-26)15-9-6-10-16(11-15)21(27)14-7-4-3-5-8-14/h3-12,17-18,20H,1-2H3/t17-,18?,20+/m1/s1. The van der Waals surface area contributed by atoms with Gasteiger partial charge >= 0.3 is 5.97 Å². The van der Waals surface area contributed by atoms with Crippen LogP contribution in [0.15, 0.2) is 66.8 Å². The number of benzene rings is 2. The van der Waals surface area contributed by atoms with Crippen LogP contribution in [0.25, 0.3) is 0 Å². The van der Waals surface area contributed by atoms with Gasteiger partial charge in [-0.05, 0) is 17.6 Å². The van der Waals surface area contributed by atoms with Gasteiger partial charge in [0.2, 0.25) is 6.10 Å². The predicted octanol–water partition coefficient (Wildman–Crippen LogP) is 5.08. The van der Waals surface area contributed by atoms with E-state index in [1.165, 1.54) is 6.07 Å². The Labute approximate surface area is 167 Å². The molecule has 1 aliphatic carbocycles. The first-order chi connectivity index (χ1) is 13.8. The summed E-state index contributed by atoms with van der Waals surface area (Å²) in [6, 6.07) is 16.9. The average Bonchev–Trinajstić information content (AvgIpc) is 3.25. The van der Waals surface area contributed by atoms with Crippen LogP contribution in [0.3, 0.4) is 0 Å². The maximum Gasteiger partial charge on any atom is 0.311 e. The van der Waals surface area contributed by atoms with Crippen molar-refractivity contribution in [1.29, 1.82) is 5.26 Å². The van der Waals surface area contributed by atoms with Crippen molar-refractivity contribution >= 4 is 11.8 Å². The molecule has 0 aromatic heterocycles. The van der Waals surface area contributed by atoms with Gasteiger partial charge in [-0.1, -0.05) is 62.4 Å². The van der Waals surface area contributed by atoms with Gasteiger partial charge < -0.3 is 4.74 Å². The first-order valence-electron chi connectivity index (χ1n) is 9.08. The minimum absolute atomic E-state index is 0.220. The van der Waals surface area contributed by atoms with E-state index in [4.69, 9.17) is 4.74 Å². The number of carbonyl (C=O) groups excluding carboxylic acids is 2. The zero-order valence-corrected chi connectivity index (χ0v) is 15.9. The number of ether oxygens (including phenoxy) is 1. The lowest BCUT2D eigenvalue weighted by atomic mass is 9.99. The Morgan fingerprint density at radius 1 is 1.10 bits per heavy atom. The molecule has 2 aromatic rings. The van der Waals surface area contributed by atoms with Gasteiger partial charge in [0.15, 0.2) is 5.78 Å². The predicted molar refractivity (Wildman–Crippen MR) is 102 cm³/mol. The Morgan fingerprint density at radius 2 is 1.76 bits per heavy atom. The van der Waals surface area contributed by atoms with Crippen molar-refractivity contribution in [2.24, 2.45) is 17.3 Å². The van der Waals surface area contributed by atoms with Gasteiger partial charge in [-0.3, -0.25) is 9.59 Å². The van der Waals surface area contributed by atoms with Crippen molar-refractivity contribution < 1.29 is 23.1 Å². The van der Waals surface area contributed by atoms with E-state index in [1.807, 2.05) is 6.07 Å². The minimum Gasteiger partial charge on any atom is -0.442 e. The molecule has 0 amide bonds. The first-order valence-corrected chi connectivity index (χ1v) is 9.08. The molecular formula is C23H19F2NO3. The molecule has 1 unspecified atom stereocenters. The second-order valence-electron chi connectivity index (χ2n) is 7.55. The van der Waals surface area contributed by atoms with Crippen molar-refractivity contribution in [3.8, 4) is 6.07 Å². The van der Waals surface area contributed by atoms with Crippen molar-refractivity contribution in [3.05, 3.63) is 83.4 Å². The highest BCUT2D eigenvalue weighted by Gasteiger charge is 2.62. The van der Waals surface area contributed by atoms with Crippen molar-refractivity contribution in [2.75, 3.05) is 0 Å². The number of allylic oxidation sites excluding steroid dienone is 1. The summed E-state index contributed by atoms with van der Waals surface area (Å²) < 4.78 is 30.5. The number of esters is 1. The monoisotopic (exact) mass is 395 g/mol. The van der Waals surface area contributed by atoms with Gasteiger partial charge in [0.1, 0.15) is 6.07 Å². The second-order valence-corrected chi connectivity index (χ2v) is 7.55. The highest BCUT2D eigenvalue weighted by molar-refractivity contribution is 6.09. The highest BCUT2D eigenvalue weighted by Crippen LogP contribution is 2.60. The second kappa shape index (κ2) is 7.96. The fourth-order valence-electron chi connectivity index (χ4n) is 3.53. The van der Waals surface area contributed by atoms with Gasteiger partial charge in [0.25, 0.3) is 6.08 Å². The van der Waals surface area contributed by atoms with Gasteiger partial charge in [-0.2, -0.15) is 14.0 Å². The Hall–Kier alpha value is -3.33. The molecule has 0 radical (unpaired) electrons. The third kappa shape index (κ3) is 4.24. The third-order valence-electron chi connectivity index (χ3n) is 5.31. The van der Waals surface area contributed by atoms with E-state index in [2.05, 4.69) is 0 Å². The van der Waals surface area contributed by atoms with E-state index in [0.717, 1.165) is 6.08 Å². The molecule has 4 nitrogen and oxygen atoms in total. The van der Waals surface area contributed by atoms with Crippen LogP contribution < -0.4 is 0 Å². The molecule has 1 fully saturated rings. The molecular weight excluding hydrogens is 376 g/mol. The zero-order valence-electron chi connectivity index (χ0n) is 15.9. The van der Waals surface area contributed by atoms with Crippen molar-refractivity contribution in [1.82, 2.24) is 0 Å². The van der Waals surface area contributed by atoms with Crippen LogP contribution in [-0.2, 0) is 9.53 Å². The zero-order chi connectivity index (χ0) is 21.2. The lowest BCUT2D eigenvalue weighted by Gasteiger charge is -2.13. The Kier molecular flexibility index (Phi) is 5.60. The maximum atomic E-state index is 12.6. The van der Waals surface area contributed by atoms with Crippen LogP contribution in [0, 0.1) is 28.6 Å². The third-order valence-corrected chi connectivity index (χ3v) is 5.31. The minimum atomic E-state index is -1.85. The Balaban J connectivity index is 1.78. The van der Waals surface area contributed by atoms with E-state index < -0.39 is 35.4 Å². The number of ketones is 1. The quantitative estimate of drug-likeness (QED) is 0.505. The lowest BCUT2D eigenvalue weighted by Crippen LogP contribution is -2.15. The molecule has 3 rings (SSSR count). The van der Waals surface area contributed by atoms with Crippen LogP contribution in [0.2, 0.25) is 0 Å². The summed E-state index contributed by atoms with van der Waals surface area (Å²) in [5, 5.41) is 9.47. The van der Waals surface area contributed by atoms with Gasteiger partial charge in [-0.15, -0.1) is 0 Å². The lowest BCUT2D eigenvalue weighted by molar-refractivity contribution is -0.149. The number of nitrogens with zero attached hydrogens (tertiary/aromatic N) is 1. The molecule has 1 aliphatic rings. The SMILES string of the molecule is CC1(C)[C@H](C=C(F)F)[C@H]1C(=O)OC(C#N)c1cccc(C(=O)c2ccccc2)c1. The first kappa shape index (κ1) is 20.4. The number of hydrogen-bond donors (Lipinski definition) is 0. The van der Waals surface area contributed by atoms with Crippen molar-refractivity contribution in [2.45, 2.75) is 20.0 Å². The summed E-state index contributed by atoms with van der Waals surface area (Å²) in [7, 11) is 0. The van der Waals surface area contributed by atoms with Crippen LogP contribution >= 0.6 is 0 Å².